The Morgan fingerprint density at radius 1 is 0.926 bits per heavy atom. The van der Waals surface area contributed by atoms with Gasteiger partial charge in [0.1, 0.15) is 5.82 Å². The number of aryl methyl sites for hydroxylation is 1. The summed E-state index contributed by atoms with van der Waals surface area (Å²) in [5, 5.41) is 43.2. The van der Waals surface area contributed by atoms with E-state index in [0.29, 0.717) is 13.0 Å². The van der Waals surface area contributed by atoms with Crippen molar-refractivity contribution in [3.63, 3.8) is 0 Å². The van der Waals surface area contributed by atoms with Gasteiger partial charge in [0.05, 0.1) is 12.2 Å². The number of nitrogens with zero attached hydrogens (tertiary/aromatic N) is 3. The van der Waals surface area contributed by atoms with Gasteiger partial charge in [0.15, 0.2) is 0 Å². The van der Waals surface area contributed by atoms with E-state index in [1.807, 2.05) is 0 Å². The first-order chi connectivity index (χ1) is 13.2. The number of tetrazole rings is 1. The van der Waals surface area contributed by atoms with E-state index in [-0.39, 0.29) is 24.0 Å². The zero-order chi connectivity index (χ0) is 19.3. The molecule has 27 heavy (non-hydrogen) atoms. The molecule has 0 aromatic carbocycles. The summed E-state index contributed by atoms with van der Waals surface area (Å²) in [7, 11) is 0. The Kier molecular flexibility index (Phi) is 10.6. The van der Waals surface area contributed by atoms with Gasteiger partial charge in [-0.05, 0) is 60.8 Å². The molecule has 1 fully saturated rings. The quantitative estimate of drug-likeness (QED) is 0.291. The minimum atomic E-state index is -0.389. The minimum absolute atomic E-state index is 0.170. The van der Waals surface area contributed by atoms with Gasteiger partial charge in [-0.25, -0.2) is 5.10 Å². The molecule has 0 saturated heterocycles. The van der Waals surface area contributed by atoms with Gasteiger partial charge in [0, 0.05) is 13.0 Å². The third kappa shape index (κ3) is 8.07. The normalized spacial score (nSPS) is 25.6. The maximum absolute atomic E-state index is 10.3. The zero-order valence-corrected chi connectivity index (χ0v) is 16.3. The highest BCUT2D eigenvalue weighted by Gasteiger charge is 2.40. The molecule has 0 radical (unpaired) electrons. The van der Waals surface area contributed by atoms with Crippen molar-refractivity contribution in [2.75, 3.05) is 6.61 Å². The van der Waals surface area contributed by atoms with E-state index >= 15 is 0 Å². The number of H-pyrrole nitrogens is 1. The number of rotatable bonds is 14. The molecule has 0 aliphatic heterocycles. The first-order valence-corrected chi connectivity index (χ1v) is 10.6. The van der Waals surface area contributed by atoms with Gasteiger partial charge in [-0.2, -0.15) is 0 Å². The first kappa shape index (κ1) is 22.0. The van der Waals surface area contributed by atoms with Crippen LogP contribution >= 0.6 is 0 Å². The number of aromatic nitrogens is 4. The number of aliphatic hydroxyl groups excluding tert-OH is 3. The van der Waals surface area contributed by atoms with Crippen molar-refractivity contribution in [2.45, 2.75) is 89.3 Å². The molecule has 1 saturated carbocycles. The minimum Gasteiger partial charge on any atom is -0.396 e. The molecule has 1 aliphatic rings. The fourth-order valence-electron chi connectivity index (χ4n) is 4.15. The van der Waals surface area contributed by atoms with Crippen molar-refractivity contribution in [3.8, 4) is 0 Å². The maximum Gasteiger partial charge on any atom is 0.148 e. The highest BCUT2D eigenvalue weighted by molar-refractivity contribution is 4.96. The number of allylic oxidation sites excluding steroid dienone is 2. The van der Waals surface area contributed by atoms with E-state index in [9.17, 15) is 10.2 Å². The number of aromatic amines is 1. The fraction of sp³-hybridized carbons (Fsp3) is 0.850. The van der Waals surface area contributed by atoms with E-state index in [1.165, 1.54) is 19.3 Å². The Balaban J connectivity index is 1.62. The molecule has 0 bridgehead atoms. The van der Waals surface area contributed by atoms with Gasteiger partial charge in [0.25, 0.3) is 0 Å². The number of hydrogen-bond acceptors (Lipinski definition) is 6. The molecule has 7 nitrogen and oxygen atoms in total. The average molecular weight is 381 g/mol. The largest absolute Gasteiger partial charge is 0.396 e. The van der Waals surface area contributed by atoms with Crippen LogP contribution < -0.4 is 0 Å². The molecule has 0 unspecified atom stereocenters. The third-order valence-corrected chi connectivity index (χ3v) is 5.72. The molecule has 4 N–H and O–H groups in total. The second-order valence-corrected chi connectivity index (χ2v) is 7.78. The van der Waals surface area contributed by atoms with Gasteiger partial charge in [0.2, 0.25) is 0 Å². The van der Waals surface area contributed by atoms with Crippen molar-refractivity contribution in [1.82, 2.24) is 20.6 Å². The third-order valence-electron chi connectivity index (χ3n) is 5.72. The molecule has 1 aliphatic carbocycles. The second kappa shape index (κ2) is 13.0. The fourth-order valence-corrected chi connectivity index (χ4v) is 4.15. The number of unbranched alkanes of at least 4 members (excludes halogenated alkanes) is 6. The van der Waals surface area contributed by atoms with E-state index in [4.69, 9.17) is 5.11 Å². The molecule has 4 atom stereocenters. The Morgan fingerprint density at radius 3 is 2.41 bits per heavy atom. The summed E-state index contributed by atoms with van der Waals surface area (Å²) >= 11 is 0. The molecular weight excluding hydrogens is 344 g/mol. The summed E-state index contributed by atoms with van der Waals surface area (Å²) < 4.78 is 0. The standard InChI is InChI=1S/C20H36N4O3/c25-14-10-6-2-1-3-7-11-16-17(19(27)15-18(16)26)12-8-4-5-9-13-20-21-23-24-22-20/h4,8,16-19,25-27H,1-3,5-7,9-15H2,(H,21,22,23,24)/b8-4-/t16-,17+,18+,19-/m1/s1. The van der Waals surface area contributed by atoms with E-state index in [0.717, 1.165) is 57.2 Å². The Bertz CT molecular complexity index is 509. The molecule has 0 amide bonds. The van der Waals surface area contributed by atoms with Crippen LogP contribution in [-0.2, 0) is 6.42 Å². The summed E-state index contributed by atoms with van der Waals surface area (Å²) in [6, 6.07) is 0. The van der Waals surface area contributed by atoms with Crippen LogP contribution in [0.4, 0.5) is 0 Å². The lowest BCUT2D eigenvalue weighted by atomic mass is 9.86. The average Bonchev–Trinajstić information content (AvgIpc) is 3.26. The summed E-state index contributed by atoms with van der Waals surface area (Å²) in [4.78, 5) is 0. The number of hydrogen-bond donors (Lipinski definition) is 4. The summed E-state index contributed by atoms with van der Waals surface area (Å²) in [6.07, 6.45) is 15.3. The lowest BCUT2D eigenvalue weighted by Crippen LogP contribution is -2.21. The van der Waals surface area contributed by atoms with Crippen molar-refractivity contribution in [2.24, 2.45) is 11.8 Å². The highest BCUT2D eigenvalue weighted by Crippen LogP contribution is 2.38. The van der Waals surface area contributed by atoms with Gasteiger partial charge in [-0.15, -0.1) is 5.10 Å². The monoisotopic (exact) mass is 380 g/mol. The topological polar surface area (TPSA) is 115 Å². The lowest BCUT2D eigenvalue weighted by molar-refractivity contribution is 0.108. The number of nitrogens with one attached hydrogen (secondary N) is 1. The SMILES string of the molecule is OCCCCCCCC[C@@H]1[C@H](C/C=C\CCCc2nnn[nH]2)[C@H](O)C[C@@H]1O. The van der Waals surface area contributed by atoms with Crippen LogP contribution in [0.2, 0.25) is 0 Å². The van der Waals surface area contributed by atoms with Crippen LogP contribution in [0.25, 0.3) is 0 Å². The van der Waals surface area contributed by atoms with Gasteiger partial charge in [-0.1, -0.05) is 44.3 Å². The van der Waals surface area contributed by atoms with E-state index < -0.39 is 0 Å². The van der Waals surface area contributed by atoms with E-state index in [2.05, 4.69) is 32.8 Å². The molecule has 0 spiro atoms. The van der Waals surface area contributed by atoms with Crippen molar-refractivity contribution in [3.05, 3.63) is 18.0 Å². The van der Waals surface area contributed by atoms with Crippen molar-refractivity contribution in [1.29, 1.82) is 0 Å². The number of aliphatic hydroxyl groups is 3. The van der Waals surface area contributed by atoms with Crippen LogP contribution in [0.3, 0.4) is 0 Å². The molecule has 154 valence electrons. The van der Waals surface area contributed by atoms with Gasteiger partial charge in [-0.3, -0.25) is 0 Å². The Hall–Kier alpha value is -1.31. The van der Waals surface area contributed by atoms with Gasteiger partial charge >= 0.3 is 0 Å². The van der Waals surface area contributed by atoms with E-state index in [1.54, 1.807) is 0 Å². The van der Waals surface area contributed by atoms with Crippen molar-refractivity contribution >= 4 is 0 Å². The summed E-state index contributed by atoms with van der Waals surface area (Å²) in [5.74, 6) is 1.20. The Labute approximate surface area is 162 Å². The predicted molar refractivity (Wildman–Crippen MR) is 104 cm³/mol. The second-order valence-electron chi connectivity index (χ2n) is 7.78. The molecular formula is C20H36N4O3. The van der Waals surface area contributed by atoms with Crippen LogP contribution in [0.5, 0.6) is 0 Å². The van der Waals surface area contributed by atoms with Crippen LogP contribution in [0.1, 0.15) is 76.5 Å². The van der Waals surface area contributed by atoms with Crippen molar-refractivity contribution < 1.29 is 15.3 Å². The molecule has 1 aromatic heterocycles. The Morgan fingerprint density at radius 2 is 1.67 bits per heavy atom. The maximum atomic E-state index is 10.3. The van der Waals surface area contributed by atoms with Gasteiger partial charge < -0.3 is 15.3 Å². The molecule has 1 aromatic rings. The molecule has 7 heteroatoms. The van der Waals surface area contributed by atoms with Crippen LogP contribution in [-0.4, -0.2) is 54.8 Å². The van der Waals surface area contributed by atoms with Crippen LogP contribution in [0.15, 0.2) is 12.2 Å². The molecule has 2 rings (SSSR count). The zero-order valence-electron chi connectivity index (χ0n) is 16.3. The first-order valence-electron chi connectivity index (χ1n) is 10.6. The summed E-state index contributed by atoms with van der Waals surface area (Å²) in [6.45, 7) is 0.290. The van der Waals surface area contributed by atoms with Crippen LogP contribution in [0, 0.1) is 11.8 Å². The summed E-state index contributed by atoms with van der Waals surface area (Å²) in [5.41, 5.74) is 0. The predicted octanol–water partition coefficient (Wildman–Crippen LogP) is 2.55. The smallest absolute Gasteiger partial charge is 0.148 e. The molecule has 1 heterocycles. The highest BCUT2D eigenvalue weighted by atomic mass is 16.3. The lowest BCUT2D eigenvalue weighted by Gasteiger charge is -2.22.